The number of fused-ring (bicyclic) bond motifs is 1. The molecule has 3 aromatic carbocycles. The summed E-state index contributed by atoms with van der Waals surface area (Å²) in [7, 11) is 0. The van der Waals surface area contributed by atoms with E-state index in [1.807, 2.05) is 17.0 Å². The third-order valence-electron chi connectivity index (χ3n) is 5.57. The summed E-state index contributed by atoms with van der Waals surface area (Å²) in [5, 5.41) is 24.5. The maximum absolute atomic E-state index is 13.2. The first-order valence-corrected chi connectivity index (χ1v) is 10.6. The molecule has 5 rings (SSSR count). The first kappa shape index (κ1) is 21.4. The number of oxazole rings is 1. The van der Waals surface area contributed by atoms with Gasteiger partial charge in [0.25, 0.3) is 11.6 Å². The number of amides is 1. The van der Waals surface area contributed by atoms with Gasteiger partial charge >= 0.3 is 0 Å². The van der Waals surface area contributed by atoms with E-state index in [9.17, 15) is 20.0 Å². The van der Waals surface area contributed by atoms with Crippen molar-refractivity contribution < 1.29 is 24.0 Å². The van der Waals surface area contributed by atoms with Crippen LogP contribution in [0.15, 0.2) is 65.1 Å². The van der Waals surface area contributed by atoms with Crippen molar-refractivity contribution in [1.29, 1.82) is 0 Å². The van der Waals surface area contributed by atoms with Gasteiger partial charge in [-0.25, -0.2) is 4.98 Å². The molecule has 34 heavy (non-hydrogen) atoms. The Morgan fingerprint density at radius 2 is 1.88 bits per heavy atom. The molecule has 0 saturated carbocycles. The fraction of sp³-hybridized carbons (Fsp3) is 0.167. The zero-order valence-corrected chi connectivity index (χ0v) is 17.9. The highest BCUT2D eigenvalue weighted by molar-refractivity contribution is 6.09. The van der Waals surface area contributed by atoms with E-state index < -0.39 is 10.8 Å². The number of ether oxygens (including phenoxy) is 1. The van der Waals surface area contributed by atoms with Crippen LogP contribution in [0.5, 0.6) is 5.75 Å². The van der Waals surface area contributed by atoms with E-state index >= 15 is 0 Å². The van der Waals surface area contributed by atoms with E-state index in [0.29, 0.717) is 54.3 Å². The van der Waals surface area contributed by atoms with E-state index in [2.05, 4.69) is 10.3 Å². The Kier molecular flexibility index (Phi) is 5.56. The Hall–Kier alpha value is -4.44. The number of aromatic nitrogens is 1. The highest BCUT2D eigenvalue weighted by atomic mass is 16.6. The second kappa shape index (κ2) is 8.83. The van der Waals surface area contributed by atoms with Gasteiger partial charge in [0.05, 0.1) is 35.0 Å². The van der Waals surface area contributed by atoms with Crippen LogP contribution in [0.25, 0.3) is 22.6 Å². The largest absolute Gasteiger partial charge is 0.507 e. The van der Waals surface area contributed by atoms with Crippen molar-refractivity contribution in [2.75, 3.05) is 36.5 Å². The lowest BCUT2D eigenvalue weighted by Gasteiger charge is -2.30. The van der Waals surface area contributed by atoms with E-state index in [0.717, 1.165) is 0 Å². The molecule has 0 bridgehead atoms. The number of phenols is 1. The number of carbonyl (C=O) groups is 1. The Morgan fingerprint density at radius 3 is 2.65 bits per heavy atom. The van der Waals surface area contributed by atoms with Crippen LogP contribution in [0.2, 0.25) is 0 Å². The second-order valence-corrected chi connectivity index (χ2v) is 7.73. The molecule has 10 heteroatoms. The quantitative estimate of drug-likeness (QED) is 0.257. The number of hydrogen-bond donors (Lipinski definition) is 2. The molecule has 0 unspecified atom stereocenters. The van der Waals surface area contributed by atoms with Crippen molar-refractivity contribution in [3.05, 3.63) is 76.3 Å². The smallest absolute Gasteiger partial charge is 0.270 e. The van der Waals surface area contributed by atoms with Gasteiger partial charge in [-0.05, 0) is 36.4 Å². The zero-order chi connectivity index (χ0) is 23.7. The molecule has 1 aliphatic rings. The van der Waals surface area contributed by atoms with E-state index in [4.69, 9.17) is 9.15 Å². The van der Waals surface area contributed by atoms with Crippen molar-refractivity contribution in [1.82, 2.24) is 4.98 Å². The molecule has 1 amide bonds. The van der Waals surface area contributed by atoms with Gasteiger partial charge in [-0.3, -0.25) is 14.9 Å². The number of nitro groups is 1. The maximum Gasteiger partial charge on any atom is 0.270 e. The van der Waals surface area contributed by atoms with E-state index in [-0.39, 0.29) is 22.9 Å². The van der Waals surface area contributed by atoms with Crippen molar-refractivity contribution in [3.63, 3.8) is 0 Å². The lowest BCUT2D eigenvalue weighted by molar-refractivity contribution is -0.384. The van der Waals surface area contributed by atoms with Crippen LogP contribution in [-0.2, 0) is 4.74 Å². The summed E-state index contributed by atoms with van der Waals surface area (Å²) in [4.78, 5) is 30.4. The first-order chi connectivity index (χ1) is 16.5. The standard InChI is InChI=1S/C24H20N4O6/c29-21-8-5-15(13-18(21)24-26-19-3-1-2-4-22(19)34-24)25-23(30)17-14-16(28(31)32)6-7-20(17)27-9-11-33-12-10-27/h1-8,13-14,29H,9-12H2,(H,25,30). The lowest BCUT2D eigenvalue weighted by atomic mass is 10.1. The second-order valence-electron chi connectivity index (χ2n) is 7.73. The molecule has 0 radical (unpaired) electrons. The highest BCUT2D eigenvalue weighted by Crippen LogP contribution is 2.34. The normalized spacial score (nSPS) is 13.7. The average Bonchev–Trinajstić information content (AvgIpc) is 3.29. The summed E-state index contributed by atoms with van der Waals surface area (Å²) in [5.74, 6) is -0.368. The fourth-order valence-electron chi connectivity index (χ4n) is 3.87. The minimum Gasteiger partial charge on any atom is -0.507 e. The minimum atomic E-state index is -0.536. The Morgan fingerprint density at radius 1 is 1.09 bits per heavy atom. The molecule has 0 atom stereocenters. The molecule has 0 aliphatic carbocycles. The number of para-hydroxylation sites is 2. The lowest BCUT2D eigenvalue weighted by Crippen LogP contribution is -2.37. The number of phenolic OH excluding ortho intramolecular Hbond substituents is 1. The number of aromatic hydroxyl groups is 1. The van der Waals surface area contributed by atoms with Gasteiger partial charge in [-0.1, -0.05) is 12.1 Å². The van der Waals surface area contributed by atoms with Crippen molar-refractivity contribution in [2.24, 2.45) is 0 Å². The Labute approximate surface area is 193 Å². The van der Waals surface area contributed by atoms with Crippen molar-refractivity contribution in [2.45, 2.75) is 0 Å². The van der Waals surface area contributed by atoms with Crippen LogP contribution >= 0.6 is 0 Å². The average molecular weight is 460 g/mol. The number of benzene rings is 3. The number of rotatable bonds is 5. The first-order valence-electron chi connectivity index (χ1n) is 10.6. The highest BCUT2D eigenvalue weighted by Gasteiger charge is 2.23. The third kappa shape index (κ3) is 4.14. The van der Waals surface area contributed by atoms with Gasteiger partial charge in [0.15, 0.2) is 5.58 Å². The number of nitrogens with one attached hydrogen (secondary N) is 1. The summed E-state index contributed by atoms with van der Waals surface area (Å²) in [6, 6.07) is 15.9. The topological polar surface area (TPSA) is 131 Å². The number of morpholine rings is 1. The van der Waals surface area contributed by atoms with Crippen LogP contribution in [0.3, 0.4) is 0 Å². The molecule has 172 valence electrons. The summed E-state index contributed by atoms with van der Waals surface area (Å²) in [6.07, 6.45) is 0. The van der Waals surface area contributed by atoms with Gasteiger partial charge in [-0.15, -0.1) is 0 Å². The van der Waals surface area contributed by atoms with Crippen LogP contribution < -0.4 is 10.2 Å². The van der Waals surface area contributed by atoms with Crippen LogP contribution in [0, 0.1) is 10.1 Å². The number of anilines is 2. The maximum atomic E-state index is 13.2. The van der Waals surface area contributed by atoms with Crippen molar-refractivity contribution in [3.8, 4) is 17.2 Å². The van der Waals surface area contributed by atoms with Gasteiger partial charge in [-0.2, -0.15) is 0 Å². The molecule has 1 fully saturated rings. The summed E-state index contributed by atoms with van der Waals surface area (Å²) < 4.78 is 11.1. The van der Waals surface area contributed by atoms with Gasteiger partial charge in [0, 0.05) is 30.9 Å². The minimum absolute atomic E-state index is 0.0612. The zero-order valence-electron chi connectivity index (χ0n) is 17.9. The fourth-order valence-corrected chi connectivity index (χ4v) is 3.87. The van der Waals surface area contributed by atoms with E-state index in [1.165, 1.54) is 24.3 Å². The number of nitrogens with zero attached hydrogens (tertiary/aromatic N) is 3. The number of hydrogen-bond acceptors (Lipinski definition) is 8. The summed E-state index contributed by atoms with van der Waals surface area (Å²) in [5.41, 5.74) is 2.47. The molecule has 2 heterocycles. The number of nitro benzene ring substituents is 1. The van der Waals surface area contributed by atoms with E-state index in [1.54, 1.807) is 24.3 Å². The SMILES string of the molecule is O=C(Nc1ccc(O)c(-c2nc3ccccc3o2)c1)c1cc([N+](=O)[O-])ccc1N1CCOCC1. The van der Waals surface area contributed by atoms with Gasteiger partial charge in [0.2, 0.25) is 5.89 Å². The molecule has 1 saturated heterocycles. The molecular weight excluding hydrogens is 440 g/mol. The van der Waals surface area contributed by atoms with Gasteiger partial charge in [0.1, 0.15) is 11.3 Å². The predicted molar refractivity (Wildman–Crippen MR) is 125 cm³/mol. The third-order valence-corrected chi connectivity index (χ3v) is 5.57. The molecule has 2 N–H and O–H groups in total. The predicted octanol–water partition coefficient (Wildman–Crippen LogP) is 4.20. The molecule has 10 nitrogen and oxygen atoms in total. The molecule has 1 aromatic heterocycles. The molecule has 4 aromatic rings. The Bertz CT molecular complexity index is 1360. The van der Waals surface area contributed by atoms with Crippen molar-refractivity contribution >= 4 is 34.1 Å². The van der Waals surface area contributed by atoms with Crippen LogP contribution in [0.1, 0.15) is 10.4 Å². The Balaban J connectivity index is 1.48. The number of non-ortho nitro benzene ring substituents is 1. The number of carbonyl (C=O) groups excluding carboxylic acids is 1. The van der Waals surface area contributed by atoms with Crippen LogP contribution in [-0.4, -0.2) is 47.2 Å². The van der Waals surface area contributed by atoms with Gasteiger partial charge < -0.3 is 24.5 Å². The molecular formula is C24H20N4O6. The molecule has 1 aliphatic heterocycles. The molecule has 0 spiro atoms. The summed E-state index contributed by atoms with van der Waals surface area (Å²) in [6.45, 7) is 2.14. The monoisotopic (exact) mass is 460 g/mol. The summed E-state index contributed by atoms with van der Waals surface area (Å²) >= 11 is 0. The van der Waals surface area contributed by atoms with Crippen LogP contribution in [0.4, 0.5) is 17.1 Å².